The van der Waals surface area contributed by atoms with E-state index in [-0.39, 0.29) is 31.6 Å². The highest BCUT2D eigenvalue weighted by Crippen LogP contribution is 2.22. The first kappa shape index (κ1) is 23.9. The van der Waals surface area contributed by atoms with Gasteiger partial charge in [0.25, 0.3) is 0 Å². The molecule has 2 amide bonds. The highest BCUT2D eigenvalue weighted by Gasteiger charge is 2.26. The van der Waals surface area contributed by atoms with Crippen LogP contribution in [0.15, 0.2) is 5.16 Å². The topological polar surface area (TPSA) is 138 Å². The Kier molecular flexibility index (Phi) is 10.4. The molecule has 0 radical (unpaired) electrons. The normalized spacial score (nSPS) is 20.0. The molecule has 170 valence electrons. The summed E-state index contributed by atoms with van der Waals surface area (Å²) < 4.78 is 4.89. The Labute approximate surface area is 177 Å². The van der Waals surface area contributed by atoms with Gasteiger partial charge in [-0.15, -0.1) is 0 Å². The Bertz CT molecular complexity index is 606. The van der Waals surface area contributed by atoms with Crippen LogP contribution in [0.4, 0.5) is 4.79 Å². The zero-order chi connectivity index (χ0) is 21.8. The zero-order valence-electron chi connectivity index (χ0n) is 17.7. The number of oxime groups is 1. The summed E-state index contributed by atoms with van der Waals surface area (Å²) in [7, 11) is 0. The molecule has 1 fully saturated rings. The molecule has 10 nitrogen and oxygen atoms in total. The molecule has 2 aliphatic rings. The molecule has 1 saturated heterocycles. The Balaban J connectivity index is 1.63. The minimum atomic E-state index is -1.26. The number of unbranched alkanes of at least 4 members (excludes halogenated alkanes) is 1. The van der Waals surface area contributed by atoms with E-state index in [1.165, 1.54) is 12.8 Å². The SMILES string of the molecule is CCCCOC(=O)N[C@@H](CNC(=O)CC1CC(CCC2CCNCC2)=NO1)C(=O)O. The number of carbonyl (C=O) groups excluding carboxylic acids is 2. The van der Waals surface area contributed by atoms with Gasteiger partial charge in [0.15, 0.2) is 0 Å². The summed E-state index contributed by atoms with van der Waals surface area (Å²) in [5, 5.41) is 21.5. The van der Waals surface area contributed by atoms with E-state index in [2.05, 4.69) is 21.1 Å². The molecule has 0 aromatic rings. The van der Waals surface area contributed by atoms with Crippen LogP contribution in [0.1, 0.15) is 58.3 Å². The number of carbonyl (C=O) groups is 3. The van der Waals surface area contributed by atoms with Gasteiger partial charge in [0.05, 0.1) is 18.7 Å². The lowest BCUT2D eigenvalue weighted by molar-refractivity contribution is -0.139. The van der Waals surface area contributed by atoms with Crippen molar-refractivity contribution in [2.45, 2.75) is 70.4 Å². The molecule has 2 rings (SSSR count). The van der Waals surface area contributed by atoms with Crippen LogP contribution in [0.25, 0.3) is 0 Å². The lowest BCUT2D eigenvalue weighted by Crippen LogP contribution is -2.48. The maximum Gasteiger partial charge on any atom is 0.407 e. The van der Waals surface area contributed by atoms with Crippen LogP contribution in [0, 0.1) is 5.92 Å². The third-order valence-electron chi connectivity index (χ3n) is 5.33. The van der Waals surface area contributed by atoms with Crippen LogP contribution in [0.2, 0.25) is 0 Å². The summed E-state index contributed by atoms with van der Waals surface area (Å²) in [5.74, 6) is -0.879. The quantitative estimate of drug-likeness (QED) is 0.346. The Morgan fingerprint density at radius 3 is 2.80 bits per heavy atom. The van der Waals surface area contributed by atoms with Crippen molar-refractivity contribution in [2.24, 2.45) is 11.1 Å². The van der Waals surface area contributed by atoms with Gasteiger partial charge in [0.1, 0.15) is 12.1 Å². The van der Waals surface area contributed by atoms with Gasteiger partial charge in [-0.1, -0.05) is 18.5 Å². The molecule has 2 atom stereocenters. The Morgan fingerprint density at radius 2 is 2.10 bits per heavy atom. The van der Waals surface area contributed by atoms with Crippen LogP contribution in [-0.2, 0) is 19.2 Å². The van der Waals surface area contributed by atoms with Gasteiger partial charge in [-0.25, -0.2) is 9.59 Å². The van der Waals surface area contributed by atoms with Crippen molar-refractivity contribution in [3.05, 3.63) is 0 Å². The van der Waals surface area contributed by atoms with Crippen LogP contribution < -0.4 is 16.0 Å². The number of carboxylic acids is 1. The van der Waals surface area contributed by atoms with Crippen molar-refractivity contribution in [3.63, 3.8) is 0 Å². The summed E-state index contributed by atoms with van der Waals surface area (Å²) >= 11 is 0. The third kappa shape index (κ3) is 8.98. The zero-order valence-corrected chi connectivity index (χ0v) is 17.7. The summed E-state index contributed by atoms with van der Waals surface area (Å²) in [5.41, 5.74) is 0.978. The summed E-state index contributed by atoms with van der Waals surface area (Å²) in [6.07, 6.45) is 5.46. The molecule has 0 aliphatic carbocycles. The first-order valence-corrected chi connectivity index (χ1v) is 10.8. The average molecular weight is 427 g/mol. The molecule has 4 N–H and O–H groups in total. The van der Waals surface area contributed by atoms with Gasteiger partial charge in [-0.05, 0) is 51.1 Å². The maximum absolute atomic E-state index is 12.1. The fourth-order valence-corrected chi connectivity index (χ4v) is 3.47. The monoisotopic (exact) mass is 426 g/mol. The predicted molar refractivity (Wildman–Crippen MR) is 110 cm³/mol. The molecule has 0 spiro atoms. The molecule has 10 heteroatoms. The number of rotatable bonds is 12. The van der Waals surface area contributed by atoms with Crippen LogP contribution in [0.3, 0.4) is 0 Å². The number of nitrogens with zero attached hydrogens (tertiary/aromatic N) is 1. The second-order valence-electron chi connectivity index (χ2n) is 7.85. The number of hydrogen-bond donors (Lipinski definition) is 4. The van der Waals surface area contributed by atoms with Crippen LogP contribution >= 0.6 is 0 Å². The van der Waals surface area contributed by atoms with Gasteiger partial charge >= 0.3 is 12.1 Å². The van der Waals surface area contributed by atoms with E-state index in [0.29, 0.717) is 18.8 Å². The van der Waals surface area contributed by atoms with E-state index in [1.807, 2.05) is 6.92 Å². The highest BCUT2D eigenvalue weighted by molar-refractivity contribution is 5.87. The van der Waals surface area contributed by atoms with E-state index in [1.54, 1.807) is 0 Å². The van der Waals surface area contributed by atoms with Crippen molar-refractivity contribution in [1.29, 1.82) is 0 Å². The van der Waals surface area contributed by atoms with Crippen molar-refractivity contribution in [1.82, 2.24) is 16.0 Å². The minimum Gasteiger partial charge on any atom is -0.480 e. The summed E-state index contributed by atoms with van der Waals surface area (Å²) in [4.78, 5) is 40.4. The first-order valence-electron chi connectivity index (χ1n) is 10.8. The van der Waals surface area contributed by atoms with Gasteiger partial charge in [-0.2, -0.15) is 0 Å². The summed E-state index contributed by atoms with van der Waals surface area (Å²) in [6, 6.07) is -1.26. The molecule has 2 heterocycles. The molecule has 1 unspecified atom stereocenters. The van der Waals surface area contributed by atoms with E-state index < -0.39 is 18.1 Å². The van der Waals surface area contributed by atoms with Crippen molar-refractivity contribution in [2.75, 3.05) is 26.2 Å². The molecular weight excluding hydrogens is 392 g/mol. The smallest absolute Gasteiger partial charge is 0.407 e. The first-order chi connectivity index (χ1) is 14.5. The van der Waals surface area contributed by atoms with E-state index >= 15 is 0 Å². The van der Waals surface area contributed by atoms with Crippen molar-refractivity contribution in [3.8, 4) is 0 Å². The lowest BCUT2D eigenvalue weighted by Gasteiger charge is -2.22. The number of carboxylic acid groups (broad SMARTS) is 1. The fourth-order valence-electron chi connectivity index (χ4n) is 3.47. The number of aliphatic carboxylic acids is 1. The maximum atomic E-state index is 12.1. The minimum absolute atomic E-state index is 0.0909. The third-order valence-corrected chi connectivity index (χ3v) is 5.33. The Hall–Kier alpha value is -2.36. The number of amides is 2. The molecule has 30 heavy (non-hydrogen) atoms. The van der Waals surface area contributed by atoms with Crippen LogP contribution in [0.5, 0.6) is 0 Å². The van der Waals surface area contributed by atoms with Crippen molar-refractivity contribution < 1.29 is 29.1 Å². The van der Waals surface area contributed by atoms with Crippen molar-refractivity contribution >= 4 is 23.7 Å². The number of ether oxygens (including phenoxy) is 1. The largest absolute Gasteiger partial charge is 0.480 e. The van der Waals surface area contributed by atoms with Gasteiger partial charge in [0, 0.05) is 13.0 Å². The molecule has 0 saturated carbocycles. The number of nitrogens with one attached hydrogen (secondary N) is 3. The highest BCUT2D eigenvalue weighted by atomic mass is 16.6. The van der Waals surface area contributed by atoms with E-state index in [9.17, 15) is 19.5 Å². The predicted octanol–water partition coefficient (Wildman–Crippen LogP) is 1.40. The second kappa shape index (κ2) is 13.0. The van der Waals surface area contributed by atoms with E-state index in [4.69, 9.17) is 9.57 Å². The fraction of sp³-hybridized carbons (Fsp3) is 0.800. The lowest BCUT2D eigenvalue weighted by atomic mass is 9.91. The van der Waals surface area contributed by atoms with Crippen LogP contribution in [-0.4, -0.2) is 67.2 Å². The molecule has 0 bridgehead atoms. The molecule has 0 aromatic heterocycles. The van der Waals surface area contributed by atoms with E-state index in [0.717, 1.165) is 38.1 Å². The number of alkyl carbamates (subject to hydrolysis) is 1. The molecule has 2 aliphatic heterocycles. The van der Waals surface area contributed by atoms with Gasteiger partial charge in [-0.3, -0.25) is 4.79 Å². The second-order valence-corrected chi connectivity index (χ2v) is 7.85. The molecule has 0 aromatic carbocycles. The Morgan fingerprint density at radius 1 is 1.33 bits per heavy atom. The van der Waals surface area contributed by atoms with Gasteiger partial charge in [0.2, 0.25) is 5.91 Å². The number of hydrogen-bond acceptors (Lipinski definition) is 7. The summed E-state index contributed by atoms with van der Waals surface area (Å²) in [6.45, 7) is 4.08. The number of piperidine rings is 1. The average Bonchev–Trinajstić information content (AvgIpc) is 3.17. The molecular formula is C20H34N4O6. The standard InChI is InChI=1S/C20H34N4O6/c1-2-3-10-29-20(28)23-17(19(26)27)13-22-18(25)12-16-11-15(24-30-16)5-4-14-6-8-21-9-7-14/h14,16-17,21H,2-13H2,1H3,(H,22,25)(H,23,28)(H,26,27)/t16?,17-/m0/s1. The van der Waals surface area contributed by atoms with Gasteiger partial charge < -0.3 is 30.6 Å².